The van der Waals surface area contributed by atoms with Gasteiger partial charge in [-0.3, -0.25) is 5.10 Å². The van der Waals surface area contributed by atoms with Crippen molar-refractivity contribution in [3.8, 4) is 11.3 Å². The van der Waals surface area contributed by atoms with Gasteiger partial charge >= 0.3 is 0 Å². The number of benzene rings is 1. The van der Waals surface area contributed by atoms with Crippen LogP contribution in [0.1, 0.15) is 25.0 Å². The first-order valence-corrected chi connectivity index (χ1v) is 9.82. The van der Waals surface area contributed by atoms with Gasteiger partial charge in [-0.1, -0.05) is 32.0 Å². The molecule has 142 valence electrons. The highest BCUT2D eigenvalue weighted by Gasteiger charge is 2.30. The summed E-state index contributed by atoms with van der Waals surface area (Å²) in [6.07, 6.45) is 3.55. The van der Waals surface area contributed by atoms with Crippen molar-refractivity contribution < 1.29 is 4.39 Å². The minimum Gasteiger partial charge on any atom is -0.324 e. The van der Waals surface area contributed by atoms with Gasteiger partial charge in [-0.05, 0) is 40.5 Å². The Bertz CT molecular complexity index is 994. The number of aromatic amines is 1. The molecule has 0 fully saturated rings. The number of aryl methyl sites for hydroxylation is 1. The molecule has 0 aliphatic carbocycles. The highest BCUT2D eigenvalue weighted by molar-refractivity contribution is 9.10. The van der Waals surface area contributed by atoms with E-state index in [1.165, 1.54) is 6.07 Å². The van der Waals surface area contributed by atoms with Gasteiger partial charge in [0.25, 0.3) is 0 Å². The summed E-state index contributed by atoms with van der Waals surface area (Å²) in [4.78, 5) is 1.94. The summed E-state index contributed by atoms with van der Waals surface area (Å²) in [6, 6.07) is 2.96. The molecule has 0 unspecified atom stereocenters. The first kappa shape index (κ1) is 19.6. The molecule has 8 heteroatoms. The lowest BCUT2D eigenvalue weighted by molar-refractivity contribution is 0.623. The fourth-order valence-corrected chi connectivity index (χ4v) is 3.71. The van der Waals surface area contributed by atoms with Crippen molar-refractivity contribution in [2.45, 2.75) is 27.3 Å². The normalized spacial score (nSPS) is 12.6. The maximum Gasteiger partial charge on any atom is 0.140 e. The van der Waals surface area contributed by atoms with E-state index in [1.807, 2.05) is 30.4 Å². The smallest absolute Gasteiger partial charge is 0.140 e. The van der Waals surface area contributed by atoms with Crippen molar-refractivity contribution in [1.29, 1.82) is 0 Å². The first-order chi connectivity index (χ1) is 13.0. The molecule has 0 atom stereocenters. The maximum absolute atomic E-state index is 14.4. The number of hydrogen-bond donors (Lipinski definition) is 1. The Hall–Kier alpha value is -2.12. The van der Waals surface area contributed by atoms with Crippen molar-refractivity contribution >= 4 is 39.0 Å². The number of rotatable bonds is 3. The molecule has 1 aromatic carbocycles. The van der Waals surface area contributed by atoms with E-state index >= 15 is 0 Å². The fraction of sp³-hybridized carbons (Fsp3) is 0.263. The van der Waals surface area contributed by atoms with Gasteiger partial charge in [-0.25, -0.2) is 9.07 Å². The lowest BCUT2D eigenvalue weighted by Crippen LogP contribution is -2.19. The summed E-state index contributed by atoms with van der Waals surface area (Å²) < 4.78 is 17.0. The van der Waals surface area contributed by atoms with E-state index in [1.54, 1.807) is 18.5 Å². The molecule has 0 bridgehead atoms. The third kappa shape index (κ3) is 3.30. The molecule has 1 aliphatic rings. The van der Waals surface area contributed by atoms with E-state index in [0.29, 0.717) is 28.3 Å². The molecule has 4 rings (SSSR count). The molecule has 0 saturated carbocycles. The second-order valence-electron chi connectivity index (χ2n) is 5.85. The highest BCUT2D eigenvalue weighted by Crippen LogP contribution is 2.41. The second-order valence-corrected chi connectivity index (χ2v) is 7.08. The molecule has 1 N–H and O–H groups in total. The number of hydrogen-bond acceptors (Lipinski definition) is 3. The van der Waals surface area contributed by atoms with Crippen molar-refractivity contribution in [1.82, 2.24) is 20.0 Å². The van der Waals surface area contributed by atoms with E-state index < -0.39 is 5.82 Å². The molecule has 5 nitrogen and oxygen atoms in total. The maximum atomic E-state index is 14.4. The Morgan fingerprint density at radius 1 is 1.30 bits per heavy atom. The summed E-state index contributed by atoms with van der Waals surface area (Å²) in [5, 5.41) is 11.8. The van der Waals surface area contributed by atoms with Gasteiger partial charge in [0, 0.05) is 16.7 Å². The molecule has 27 heavy (non-hydrogen) atoms. The van der Waals surface area contributed by atoms with Crippen LogP contribution >= 0.6 is 27.5 Å². The SMILES string of the molecule is C=C(c1c(F)ccc(Br)c1Cl)N1CCn2ncc(-c3[nH]ncc3C)c21.CC. The average Bonchev–Trinajstić information content (AvgIpc) is 3.36. The summed E-state index contributed by atoms with van der Waals surface area (Å²) in [5.41, 5.74) is 3.60. The van der Waals surface area contributed by atoms with Crippen LogP contribution in [0.25, 0.3) is 17.0 Å². The van der Waals surface area contributed by atoms with Crippen LogP contribution in [0.5, 0.6) is 0 Å². The summed E-state index contributed by atoms with van der Waals surface area (Å²) in [5.74, 6) is 0.447. The van der Waals surface area contributed by atoms with E-state index in [-0.39, 0.29) is 5.56 Å². The Balaban J connectivity index is 0.00000102. The molecule has 0 amide bonds. The van der Waals surface area contributed by atoms with Crippen LogP contribution in [-0.4, -0.2) is 26.5 Å². The van der Waals surface area contributed by atoms with Crippen molar-refractivity contribution in [3.05, 3.63) is 57.5 Å². The van der Waals surface area contributed by atoms with Gasteiger partial charge in [0.1, 0.15) is 11.6 Å². The zero-order chi connectivity index (χ0) is 19.7. The average molecular weight is 453 g/mol. The van der Waals surface area contributed by atoms with Crippen molar-refractivity contribution in [2.24, 2.45) is 0 Å². The van der Waals surface area contributed by atoms with E-state index in [0.717, 1.165) is 22.6 Å². The molecule has 3 heterocycles. The molecule has 0 spiro atoms. The lowest BCUT2D eigenvalue weighted by Gasteiger charge is -2.23. The zero-order valence-corrected chi connectivity index (χ0v) is 17.7. The molecular formula is C19H20BrClFN5. The minimum absolute atomic E-state index is 0.290. The third-order valence-electron chi connectivity index (χ3n) is 4.36. The largest absolute Gasteiger partial charge is 0.324 e. The van der Waals surface area contributed by atoms with Gasteiger partial charge in [0.15, 0.2) is 0 Å². The number of anilines is 1. The van der Waals surface area contributed by atoms with Crippen molar-refractivity contribution in [3.63, 3.8) is 0 Å². The number of H-pyrrole nitrogens is 1. The Kier molecular flexibility index (Phi) is 5.72. The molecule has 0 radical (unpaired) electrons. The molecule has 1 aliphatic heterocycles. The number of nitrogens with one attached hydrogen (secondary N) is 1. The topological polar surface area (TPSA) is 49.7 Å². The van der Waals surface area contributed by atoms with Crippen LogP contribution in [-0.2, 0) is 6.54 Å². The van der Waals surface area contributed by atoms with E-state index in [2.05, 4.69) is 37.8 Å². The second kappa shape index (κ2) is 7.86. The number of halogens is 3. The van der Waals surface area contributed by atoms with Crippen LogP contribution in [0.15, 0.2) is 35.6 Å². The highest BCUT2D eigenvalue weighted by atomic mass is 79.9. The van der Waals surface area contributed by atoms with E-state index in [4.69, 9.17) is 11.6 Å². The molecule has 0 saturated heterocycles. The number of nitrogens with zero attached hydrogens (tertiary/aromatic N) is 4. The number of fused-ring (bicyclic) bond motifs is 1. The minimum atomic E-state index is -0.407. The van der Waals surface area contributed by atoms with Gasteiger partial charge in [-0.2, -0.15) is 10.2 Å². The monoisotopic (exact) mass is 451 g/mol. The summed E-state index contributed by atoms with van der Waals surface area (Å²) in [7, 11) is 0. The van der Waals surface area contributed by atoms with Gasteiger partial charge in [-0.15, -0.1) is 0 Å². The molecular weight excluding hydrogens is 433 g/mol. The third-order valence-corrected chi connectivity index (χ3v) is 5.64. The summed E-state index contributed by atoms with van der Waals surface area (Å²) in [6.45, 7) is 11.4. The zero-order valence-electron chi connectivity index (χ0n) is 15.4. The molecule has 3 aromatic rings. The van der Waals surface area contributed by atoms with Crippen LogP contribution in [0.4, 0.5) is 10.2 Å². The van der Waals surface area contributed by atoms with Crippen LogP contribution in [0.2, 0.25) is 5.02 Å². The Morgan fingerprint density at radius 3 is 2.70 bits per heavy atom. The standard InChI is InChI=1S/C17H14BrClFN5.C2H6/c1-9-7-21-23-16(9)11-8-22-25-6-5-24(17(11)25)10(2)14-13(20)4-3-12(18)15(14)19;1-2/h3-4,7-8H,2,5-6H2,1H3,(H,21,23);1-2H3. The predicted octanol–water partition coefficient (Wildman–Crippen LogP) is 5.65. The van der Waals surface area contributed by atoms with Gasteiger partial charge in [0.05, 0.1) is 40.8 Å². The number of aromatic nitrogens is 4. The quantitative estimate of drug-likeness (QED) is 0.522. The van der Waals surface area contributed by atoms with Gasteiger partial charge in [0.2, 0.25) is 0 Å². The Labute approximate surface area is 171 Å². The first-order valence-electron chi connectivity index (χ1n) is 8.65. The lowest BCUT2D eigenvalue weighted by atomic mass is 10.1. The summed E-state index contributed by atoms with van der Waals surface area (Å²) >= 11 is 9.67. The van der Waals surface area contributed by atoms with Crippen LogP contribution in [0.3, 0.4) is 0 Å². The molecule has 2 aromatic heterocycles. The fourth-order valence-electron chi connectivity index (χ4n) is 3.11. The van der Waals surface area contributed by atoms with Crippen LogP contribution < -0.4 is 4.90 Å². The van der Waals surface area contributed by atoms with E-state index in [9.17, 15) is 4.39 Å². The van der Waals surface area contributed by atoms with Crippen molar-refractivity contribution in [2.75, 3.05) is 11.4 Å². The predicted molar refractivity (Wildman–Crippen MR) is 111 cm³/mol. The Morgan fingerprint density at radius 2 is 2.04 bits per heavy atom. The van der Waals surface area contributed by atoms with Gasteiger partial charge < -0.3 is 4.90 Å². The van der Waals surface area contributed by atoms with Crippen LogP contribution in [0, 0.1) is 12.7 Å².